The van der Waals surface area contributed by atoms with Crippen LogP contribution in [0.5, 0.6) is 0 Å². The van der Waals surface area contributed by atoms with Gasteiger partial charge in [0.25, 0.3) is 0 Å². The van der Waals surface area contributed by atoms with Crippen LogP contribution in [0.3, 0.4) is 0 Å². The Morgan fingerprint density at radius 2 is 2.33 bits per heavy atom. The molecule has 0 bridgehead atoms. The van der Waals surface area contributed by atoms with Gasteiger partial charge in [0.05, 0.1) is 12.3 Å². The Labute approximate surface area is 90.8 Å². The highest BCUT2D eigenvalue weighted by Gasteiger charge is 2.19. The van der Waals surface area contributed by atoms with Crippen molar-refractivity contribution in [2.45, 2.75) is 25.9 Å². The van der Waals surface area contributed by atoms with E-state index < -0.39 is 0 Å². The molecule has 1 aliphatic rings. The summed E-state index contributed by atoms with van der Waals surface area (Å²) in [7, 11) is 2.11. The Kier molecular flexibility index (Phi) is 3.21. The lowest BCUT2D eigenvalue weighted by Crippen LogP contribution is -2.29. The Morgan fingerprint density at radius 3 is 2.93 bits per heavy atom. The van der Waals surface area contributed by atoms with Crippen LogP contribution in [0, 0.1) is 5.92 Å². The molecule has 1 saturated carbocycles. The molecular formula is C12H18N2O. The smallest absolute Gasteiger partial charge is 0.0853 e. The lowest BCUT2D eigenvalue weighted by atomic mass is 9.85. The summed E-state index contributed by atoms with van der Waals surface area (Å²) in [5, 5.41) is 9.00. The molecule has 1 heterocycles. The Bertz CT molecular complexity index is 323. The van der Waals surface area contributed by atoms with Gasteiger partial charge in [-0.2, -0.15) is 0 Å². The van der Waals surface area contributed by atoms with Gasteiger partial charge < -0.3 is 10.0 Å². The molecular weight excluding hydrogens is 188 g/mol. The SMILES string of the molecule is CN(CC1CCC1)c1ccnc(CO)c1. The van der Waals surface area contributed by atoms with Crippen molar-refractivity contribution in [2.75, 3.05) is 18.5 Å². The van der Waals surface area contributed by atoms with Crippen molar-refractivity contribution in [3.8, 4) is 0 Å². The molecule has 1 N–H and O–H groups in total. The van der Waals surface area contributed by atoms with Crippen LogP contribution in [0.15, 0.2) is 18.3 Å². The maximum atomic E-state index is 9.00. The molecule has 1 fully saturated rings. The number of hydrogen-bond donors (Lipinski definition) is 1. The van der Waals surface area contributed by atoms with E-state index in [4.69, 9.17) is 5.11 Å². The van der Waals surface area contributed by atoms with Crippen molar-refractivity contribution in [3.05, 3.63) is 24.0 Å². The number of aliphatic hydroxyl groups is 1. The molecule has 0 spiro atoms. The van der Waals surface area contributed by atoms with Gasteiger partial charge in [-0.3, -0.25) is 4.98 Å². The van der Waals surface area contributed by atoms with Crippen LogP contribution < -0.4 is 4.90 Å². The first-order chi connectivity index (χ1) is 7.29. The fourth-order valence-corrected chi connectivity index (χ4v) is 1.96. The number of rotatable bonds is 4. The summed E-state index contributed by atoms with van der Waals surface area (Å²) in [6, 6.07) is 3.95. The predicted octanol–water partition coefficient (Wildman–Crippen LogP) is 1.81. The third kappa shape index (κ3) is 2.48. The monoisotopic (exact) mass is 206 g/mol. The summed E-state index contributed by atoms with van der Waals surface area (Å²) < 4.78 is 0. The van der Waals surface area contributed by atoms with Crippen molar-refractivity contribution in [1.82, 2.24) is 4.98 Å². The summed E-state index contributed by atoms with van der Waals surface area (Å²) in [5.74, 6) is 0.862. The Hall–Kier alpha value is -1.09. The largest absolute Gasteiger partial charge is 0.390 e. The van der Waals surface area contributed by atoms with Crippen LogP contribution in [-0.2, 0) is 6.61 Å². The van der Waals surface area contributed by atoms with Crippen LogP contribution in [-0.4, -0.2) is 23.7 Å². The van der Waals surface area contributed by atoms with Gasteiger partial charge in [-0.25, -0.2) is 0 Å². The second kappa shape index (κ2) is 4.62. The predicted molar refractivity (Wildman–Crippen MR) is 60.8 cm³/mol. The minimum atomic E-state index is 0.0190. The molecule has 0 aliphatic heterocycles. The van der Waals surface area contributed by atoms with Crippen molar-refractivity contribution in [3.63, 3.8) is 0 Å². The highest BCUT2D eigenvalue weighted by atomic mass is 16.3. The third-order valence-corrected chi connectivity index (χ3v) is 3.16. The topological polar surface area (TPSA) is 36.4 Å². The number of hydrogen-bond acceptors (Lipinski definition) is 3. The summed E-state index contributed by atoms with van der Waals surface area (Å²) in [5.41, 5.74) is 1.90. The normalized spacial score (nSPS) is 16.1. The van der Waals surface area contributed by atoms with E-state index in [1.165, 1.54) is 19.3 Å². The van der Waals surface area contributed by atoms with Gasteiger partial charge >= 0.3 is 0 Å². The van der Waals surface area contributed by atoms with Gasteiger partial charge in [0.1, 0.15) is 0 Å². The Morgan fingerprint density at radius 1 is 1.53 bits per heavy atom. The molecule has 1 aromatic heterocycles. The fourth-order valence-electron chi connectivity index (χ4n) is 1.96. The van der Waals surface area contributed by atoms with Crippen molar-refractivity contribution in [1.29, 1.82) is 0 Å². The van der Waals surface area contributed by atoms with E-state index in [9.17, 15) is 0 Å². The summed E-state index contributed by atoms with van der Waals surface area (Å²) in [4.78, 5) is 6.33. The highest BCUT2D eigenvalue weighted by molar-refractivity contribution is 5.45. The molecule has 3 heteroatoms. The van der Waals surface area contributed by atoms with E-state index in [0.717, 1.165) is 23.8 Å². The minimum Gasteiger partial charge on any atom is -0.390 e. The van der Waals surface area contributed by atoms with Crippen LogP contribution in [0.4, 0.5) is 5.69 Å². The van der Waals surface area contributed by atoms with Gasteiger partial charge in [-0.15, -0.1) is 0 Å². The van der Waals surface area contributed by atoms with E-state index >= 15 is 0 Å². The molecule has 2 rings (SSSR count). The van der Waals surface area contributed by atoms with E-state index in [1.54, 1.807) is 6.20 Å². The van der Waals surface area contributed by atoms with E-state index in [2.05, 4.69) is 16.9 Å². The quantitative estimate of drug-likeness (QED) is 0.816. The third-order valence-electron chi connectivity index (χ3n) is 3.16. The molecule has 1 aromatic rings. The molecule has 0 atom stereocenters. The van der Waals surface area contributed by atoms with Crippen LogP contribution >= 0.6 is 0 Å². The standard InChI is InChI=1S/C12H18N2O/c1-14(8-10-3-2-4-10)12-5-6-13-11(7-12)9-15/h5-7,10,15H,2-4,8-9H2,1H3. The summed E-state index contributed by atoms with van der Waals surface area (Å²) in [6.45, 7) is 1.14. The highest BCUT2D eigenvalue weighted by Crippen LogP contribution is 2.28. The maximum Gasteiger partial charge on any atom is 0.0853 e. The second-order valence-corrected chi connectivity index (χ2v) is 4.34. The van der Waals surface area contributed by atoms with E-state index in [1.807, 2.05) is 12.1 Å². The number of aromatic nitrogens is 1. The molecule has 3 nitrogen and oxygen atoms in total. The first-order valence-electron chi connectivity index (χ1n) is 5.56. The van der Waals surface area contributed by atoms with Gasteiger partial charge in [0.2, 0.25) is 0 Å². The van der Waals surface area contributed by atoms with Crippen molar-refractivity contribution >= 4 is 5.69 Å². The molecule has 15 heavy (non-hydrogen) atoms. The molecule has 0 saturated heterocycles. The zero-order valence-corrected chi connectivity index (χ0v) is 9.19. The summed E-state index contributed by atoms with van der Waals surface area (Å²) in [6.07, 6.45) is 5.87. The molecule has 82 valence electrons. The van der Waals surface area contributed by atoms with Crippen molar-refractivity contribution in [2.24, 2.45) is 5.92 Å². The number of aliphatic hydroxyl groups excluding tert-OH is 1. The van der Waals surface area contributed by atoms with E-state index in [-0.39, 0.29) is 6.61 Å². The fraction of sp³-hybridized carbons (Fsp3) is 0.583. The second-order valence-electron chi connectivity index (χ2n) is 4.34. The number of anilines is 1. The average Bonchev–Trinajstić information content (AvgIpc) is 2.23. The van der Waals surface area contributed by atoms with E-state index in [0.29, 0.717) is 0 Å². The first kappa shape index (κ1) is 10.4. The zero-order chi connectivity index (χ0) is 10.7. The van der Waals surface area contributed by atoms with Crippen LogP contribution in [0.25, 0.3) is 0 Å². The van der Waals surface area contributed by atoms with Gasteiger partial charge in [0, 0.05) is 25.5 Å². The van der Waals surface area contributed by atoms with Gasteiger partial charge in [0.15, 0.2) is 0 Å². The summed E-state index contributed by atoms with van der Waals surface area (Å²) >= 11 is 0. The first-order valence-corrected chi connectivity index (χ1v) is 5.56. The molecule has 0 aromatic carbocycles. The van der Waals surface area contributed by atoms with Gasteiger partial charge in [-0.05, 0) is 30.9 Å². The number of pyridine rings is 1. The van der Waals surface area contributed by atoms with Crippen molar-refractivity contribution < 1.29 is 5.11 Å². The minimum absolute atomic E-state index is 0.0190. The number of nitrogens with zero attached hydrogens (tertiary/aromatic N) is 2. The van der Waals surface area contributed by atoms with Crippen LogP contribution in [0.2, 0.25) is 0 Å². The molecule has 1 aliphatic carbocycles. The lowest BCUT2D eigenvalue weighted by molar-refractivity contribution is 0.277. The molecule has 0 radical (unpaired) electrons. The zero-order valence-electron chi connectivity index (χ0n) is 9.19. The van der Waals surface area contributed by atoms with Gasteiger partial charge in [-0.1, -0.05) is 6.42 Å². The molecule has 0 unspecified atom stereocenters. The lowest BCUT2D eigenvalue weighted by Gasteiger charge is -2.31. The average molecular weight is 206 g/mol. The van der Waals surface area contributed by atoms with Crippen LogP contribution in [0.1, 0.15) is 25.0 Å². The molecule has 0 amide bonds. The Balaban J connectivity index is 1.99. The maximum absolute atomic E-state index is 9.00.